The van der Waals surface area contributed by atoms with Crippen LogP contribution in [0.15, 0.2) is 35.9 Å². The fourth-order valence-electron chi connectivity index (χ4n) is 4.78. The molecule has 2 aliphatic rings. The number of rotatable bonds is 3. The Kier molecular flexibility index (Phi) is 4.21. The Morgan fingerprint density at radius 2 is 2.17 bits per heavy atom. The number of allylic oxidation sites excluding steroid dienone is 1. The van der Waals surface area contributed by atoms with Crippen molar-refractivity contribution in [2.75, 3.05) is 26.3 Å². The molecule has 3 atom stereocenters. The number of para-hydroxylation sites is 1. The summed E-state index contributed by atoms with van der Waals surface area (Å²) in [5.41, 5.74) is 5.09. The molecule has 2 aromatic rings. The van der Waals surface area contributed by atoms with Crippen LogP contribution in [0.4, 0.5) is 0 Å². The first kappa shape index (κ1) is 15.9. The van der Waals surface area contributed by atoms with Crippen molar-refractivity contribution in [2.24, 2.45) is 11.8 Å². The minimum absolute atomic E-state index is 0.0872. The molecule has 1 fully saturated rings. The van der Waals surface area contributed by atoms with Gasteiger partial charge in [-0.2, -0.15) is 0 Å². The minimum Gasteiger partial charge on any atom is -0.396 e. The topological polar surface area (TPSA) is 59.5 Å². The van der Waals surface area contributed by atoms with Gasteiger partial charge in [-0.3, -0.25) is 4.90 Å². The zero-order chi connectivity index (χ0) is 16.7. The molecule has 0 amide bonds. The molecule has 1 unspecified atom stereocenters. The van der Waals surface area contributed by atoms with Crippen LogP contribution in [0.2, 0.25) is 0 Å². The second kappa shape index (κ2) is 6.36. The van der Waals surface area contributed by atoms with Gasteiger partial charge in [0, 0.05) is 42.2 Å². The van der Waals surface area contributed by atoms with Crippen LogP contribution < -0.4 is 0 Å². The van der Waals surface area contributed by atoms with Crippen LogP contribution in [0.5, 0.6) is 0 Å². The SMILES string of the molecule is C/C=C(\CO)[C@@H]1C[C@H]2c3[nH]c4ccccc4c3CCN2CC1CO. The molecule has 4 heteroatoms. The third-order valence-electron chi connectivity index (χ3n) is 6.05. The van der Waals surface area contributed by atoms with E-state index in [9.17, 15) is 10.2 Å². The van der Waals surface area contributed by atoms with Gasteiger partial charge < -0.3 is 15.2 Å². The zero-order valence-electron chi connectivity index (χ0n) is 14.2. The average Bonchev–Trinajstić information content (AvgIpc) is 3.01. The predicted molar refractivity (Wildman–Crippen MR) is 95.8 cm³/mol. The van der Waals surface area contributed by atoms with Gasteiger partial charge in [-0.25, -0.2) is 0 Å². The van der Waals surface area contributed by atoms with Crippen molar-refractivity contribution < 1.29 is 10.2 Å². The molecule has 0 spiro atoms. The van der Waals surface area contributed by atoms with Crippen LogP contribution in [-0.4, -0.2) is 46.4 Å². The van der Waals surface area contributed by atoms with Crippen molar-refractivity contribution in [1.29, 1.82) is 0 Å². The average molecular weight is 326 g/mol. The van der Waals surface area contributed by atoms with Crippen molar-refractivity contribution in [1.82, 2.24) is 9.88 Å². The number of benzene rings is 1. The van der Waals surface area contributed by atoms with Crippen molar-refractivity contribution in [3.8, 4) is 0 Å². The number of piperidine rings is 1. The van der Waals surface area contributed by atoms with Crippen LogP contribution in [0, 0.1) is 11.8 Å². The molecule has 1 saturated heterocycles. The minimum atomic E-state index is 0.0872. The van der Waals surface area contributed by atoms with Gasteiger partial charge in [-0.15, -0.1) is 0 Å². The number of aromatic nitrogens is 1. The van der Waals surface area contributed by atoms with Crippen LogP contribution >= 0.6 is 0 Å². The van der Waals surface area contributed by atoms with E-state index in [4.69, 9.17) is 0 Å². The highest BCUT2D eigenvalue weighted by atomic mass is 16.3. The molecule has 4 nitrogen and oxygen atoms in total. The van der Waals surface area contributed by atoms with Gasteiger partial charge in [0.25, 0.3) is 0 Å². The largest absolute Gasteiger partial charge is 0.396 e. The fraction of sp³-hybridized carbons (Fsp3) is 0.500. The smallest absolute Gasteiger partial charge is 0.0644 e. The summed E-state index contributed by atoms with van der Waals surface area (Å²) in [7, 11) is 0. The number of aliphatic hydroxyl groups excluding tert-OH is 2. The molecule has 2 aliphatic heterocycles. The second-order valence-corrected chi connectivity index (χ2v) is 7.13. The van der Waals surface area contributed by atoms with E-state index < -0.39 is 0 Å². The monoisotopic (exact) mass is 326 g/mol. The summed E-state index contributed by atoms with van der Waals surface area (Å²) >= 11 is 0. The molecule has 4 rings (SSSR count). The number of hydrogen-bond acceptors (Lipinski definition) is 3. The summed E-state index contributed by atoms with van der Waals surface area (Å²) in [4.78, 5) is 6.17. The highest BCUT2D eigenvalue weighted by Gasteiger charge is 2.40. The third-order valence-corrected chi connectivity index (χ3v) is 6.05. The van der Waals surface area contributed by atoms with Crippen LogP contribution in [-0.2, 0) is 6.42 Å². The fourth-order valence-corrected chi connectivity index (χ4v) is 4.78. The molecule has 0 aliphatic carbocycles. The first-order chi connectivity index (χ1) is 11.8. The van der Waals surface area contributed by atoms with Crippen molar-refractivity contribution >= 4 is 10.9 Å². The van der Waals surface area contributed by atoms with Crippen molar-refractivity contribution in [3.63, 3.8) is 0 Å². The quantitative estimate of drug-likeness (QED) is 0.760. The number of nitrogens with one attached hydrogen (secondary N) is 1. The highest BCUT2D eigenvalue weighted by Crippen LogP contribution is 2.44. The maximum absolute atomic E-state index is 9.86. The van der Waals surface area contributed by atoms with Crippen molar-refractivity contribution in [2.45, 2.75) is 25.8 Å². The lowest BCUT2D eigenvalue weighted by atomic mass is 9.75. The maximum Gasteiger partial charge on any atom is 0.0644 e. The van der Waals surface area contributed by atoms with Gasteiger partial charge in [-0.05, 0) is 42.9 Å². The lowest BCUT2D eigenvalue weighted by Gasteiger charge is -2.46. The zero-order valence-corrected chi connectivity index (χ0v) is 14.2. The number of fused-ring (bicyclic) bond motifs is 5. The molecule has 0 bridgehead atoms. The Labute approximate surface area is 142 Å². The maximum atomic E-state index is 9.86. The molecule has 3 heterocycles. The molecular weight excluding hydrogens is 300 g/mol. The lowest BCUT2D eigenvalue weighted by molar-refractivity contribution is 0.0335. The van der Waals surface area contributed by atoms with Gasteiger partial charge in [0.1, 0.15) is 0 Å². The molecule has 24 heavy (non-hydrogen) atoms. The number of aromatic amines is 1. The summed E-state index contributed by atoms with van der Waals surface area (Å²) in [6.07, 6.45) is 4.05. The number of hydrogen-bond donors (Lipinski definition) is 3. The Bertz CT molecular complexity index is 764. The van der Waals surface area contributed by atoms with Crippen LogP contribution in [0.1, 0.15) is 30.6 Å². The summed E-state index contributed by atoms with van der Waals surface area (Å²) in [5.74, 6) is 0.467. The first-order valence-corrected chi connectivity index (χ1v) is 8.97. The van der Waals surface area contributed by atoms with E-state index in [1.807, 2.05) is 13.0 Å². The molecule has 128 valence electrons. The number of nitrogens with zero attached hydrogens (tertiary/aromatic N) is 1. The van der Waals surface area contributed by atoms with E-state index in [0.29, 0.717) is 6.04 Å². The summed E-state index contributed by atoms with van der Waals surface area (Å²) < 4.78 is 0. The van der Waals surface area contributed by atoms with E-state index in [2.05, 4.69) is 34.1 Å². The normalized spacial score (nSPS) is 28.0. The number of aliphatic hydroxyl groups is 2. The van der Waals surface area contributed by atoms with E-state index in [1.54, 1.807) is 0 Å². The summed E-state index contributed by atoms with van der Waals surface area (Å²) in [6, 6.07) is 8.91. The summed E-state index contributed by atoms with van der Waals surface area (Å²) in [6.45, 7) is 4.21. The van der Waals surface area contributed by atoms with Gasteiger partial charge in [0.2, 0.25) is 0 Å². The first-order valence-electron chi connectivity index (χ1n) is 8.97. The Morgan fingerprint density at radius 3 is 2.92 bits per heavy atom. The van der Waals surface area contributed by atoms with Gasteiger partial charge in [0.05, 0.1) is 12.6 Å². The highest BCUT2D eigenvalue weighted by molar-refractivity contribution is 5.85. The number of H-pyrrole nitrogens is 1. The van der Waals surface area contributed by atoms with E-state index in [0.717, 1.165) is 31.5 Å². The second-order valence-electron chi connectivity index (χ2n) is 7.13. The third kappa shape index (κ3) is 2.41. The summed E-state index contributed by atoms with van der Waals surface area (Å²) in [5, 5.41) is 20.9. The lowest BCUT2D eigenvalue weighted by Crippen LogP contribution is -2.47. The molecule has 3 N–H and O–H groups in total. The standard InChI is InChI=1S/C20H26N2O2/c1-2-13(11-23)17-9-19-20-16(7-8-22(19)10-14(17)12-24)15-5-3-4-6-18(15)21-20/h2-6,14,17,19,21,23-24H,7-12H2,1H3/b13-2+/t14?,17-,19-/m0/s1. The van der Waals surface area contributed by atoms with Gasteiger partial charge in [0.15, 0.2) is 0 Å². The molecule has 1 aromatic carbocycles. The van der Waals surface area contributed by atoms with E-state index >= 15 is 0 Å². The van der Waals surface area contributed by atoms with E-state index in [1.165, 1.54) is 22.2 Å². The predicted octanol–water partition coefficient (Wildman–Crippen LogP) is 2.63. The Hall–Kier alpha value is -1.62. The van der Waals surface area contributed by atoms with Gasteiger partial charge >= 0.3 is 0 Å². The van der Waals surface area contributed by atoms with Crippen LogP contribution in [0.3, 0.4) is 0 Å². The molecule has 0 radical (unpaired) electrons. The van der Waals surface area contributed by atoms with Gasteiger partial charge in [-0.1, -0.05) is 24.3 Å². The molecule has 1 aromatic heterocycles. The van der Waals surface area contributed by atoms with E-state index in [-0.39, 0.29) is 25.0 Å². The van der Waals surface area contributed by atoms with Crippen LogP contribution in [0.25, 0.3) is 10.9 Å². The molecule has 0 saturated carbocycles. The molecular formula is C20H26N2O2. The Morgan fingerprint density at radius 1 is 1.33 bits per heavy atom. The Balaban J connectivity index is 1.73. The van der Waals surface area contributed by atoms with Crippen molar-refractivity contribution in [3.05, 3.63) is 47.2 Å².